The van der Waals surface area contributed by atoms with Crippen LogP contribution in [-0.2, 0) is 14.8 Å². The molecule has 1 aromatic rings. The summed E-state index contributed by atoms with van der Waals surface area (Å²) in [5.74, 6) is -0.812. The van der Waals surface area contributed by atoms with Crippen LogP contribution in [-0.4, -0.2) is 54.7 Å². The Morgan fingerprint density at radius 2 is 2.14 bits per heavy atom. The lowest BCUT2D eigenvalue weighted by Gasteiger charge is -2.21. The second-order valence-electron chi connectivity index (χ2n) is 4.61. The molecule has 0 amide bonds. The summed E-state index contributed by atoms with van der Waals surface area (Å²) in [6, 6.07) is 2.89. The lowest BCUT2D eigenvalue weighted by atomic mass is 10.2. The van der Waals surface area contributed by atoms with Crippen molar-refractivity contribution in [2.24, 2.45) is 0 Å². The van der Waals surface area contributed by atoms with Crippen LogP contribution in [0.3, 0.4) is 0 Å². The number of carbonyl (C=O) groups is 1. The highest BCUT2D eigenvalue weighted by Crippen LogP contribution is 2.31. The summed E-state index contributed by atoms with van der Waals surface area (Å²) in [4.78, 5) is 11.1. The topological polar surface area (TPSA) is 104 Å². The van der Waals surface area contributed by atoms with Crippen LogP contribution in [0, 0.1) is 0 Å². The highest BCUT2D eigenvalue weighted by Gasteiger charge is 2.43. The van der Waals surface area contributed by atoms with Crippen molar-refractivity contribution < 1.29 is 28.2 Å². The number of aliphatic hydroxyl groups is 1. The van der Waals surface area contributed by atoms with Gasteiger partial charge in [0, 0.05) is 13.0 Å². The number of β-amino-alcohol motifs (C(OH)–C–C–N with tert-alkyl or cyclic N) is 1. The molecule has 2 atom stereocenters. The third-order valence-corrected chi connectivity index (χ3v) is 5.74. The van der Waals surface area contributed by atoms with Crippen LogP contribution in [0.5, 0.6) is 5.75 Å². The zero-order valence-corrected chi connectivity index (χ0v) is 13.5. The number of hydrogen-bond acceptors (Lipinski definition) is 5. The predicted octanol–water partition coefficient (Wildman–Crippen LogP) is 0.666. The van der Waals surface area contributed by atoms with E-state index in [1.54, 1.807) is 0 Å². The third-order valence-electron chi connectivity index (χ3n) is 3.25. The molecule has 1 aromatic carbocycles. The average Bonchev–Trinajstić information content (AvgIpc) is 2.81. The fraction of sp³-hybridized carbons (Fsp3) is 0.417. The number of ether oxygens (including phenoxy) is 1. The number of halogens is 1. The van der Waals surface area contributed by atoms with E-state index in [2.05, 4.69) is 15.9 Å². The number of aliphatic carboxylic acids is 1. The molecular formula is C12H14BrNO6S. The van der Waals surface area contributed by atoms with Crippen molar-refractivity contribution in [2.75, 3.05) is 13.7 Å². The zero-order valence-electron chi connectivity index (χ0n) is 11.1. The smallest absolute Gasteiger partial charge is 0.322 e. The molecule has 0 bridgehead atoms. The van der Waals surface area contributed by atoms with Crippen LogP contribution < -0.4 is 4.74 Å². The molecule has 2 N–H and O–H groups in total. The van der Waals surface area contributed by atoms with Gasteiger partial charge in [0.2, 0.25) is 10.0 Å². The van der Waals surface area contributed by atoms with Crippen molar-refractivity contribution in [3.05, 3.63) is 22.7 Å². The fourth-order valence-electron chi connectivity index (χ4n) is 2.22. The average molecular weight is 380 g/mol. The molecule has 0 spiro atoms. The van der Waals surface area contributed by atoms with Crippen molar-refractivity contribution in [1.29, 1.82) is 0 Å². The van der Waals surface area contributed by atoms with Crippen molar-refractivity contribution >= 4 is 31.9 Å². The Balaban J connectivity index is 2.42. The number of benzene rings is 1. The van der Waals surface area contributed by atoms with Gasteiger partial charge in [-0.2, -0.15) is 4.31 Å². The first kappa shape index (κ1) is 16.2. The molecule has 1 heterocycles. The zero-order chi connectivity index (χ0) is 15.8. The van der Waals surface area contributed by atoms with Gasteiger partial charge in [-0.1, -0.05) is 0 Å². The van der Waals surface area contributed by atoms with E-state index < -0.39 is 28.1 Å². The largest absolute Gasteiger partial charge is 0.496 e. The van der Waals surface area contributed by atoms with Gasteiger partial charge in [0.1, 0.15) is 11.8 Å². The molecule has 0 aromatic heterocycles. The fourth-order valence-corrected chi connectivity index (χ4v) is 4.57. The summed E-state index contributed by atoms with van der Waals surface area (Å²) in [5.41, 5.74) is 0. The van der Waals surface area contributed by atoms with E-state index in [1.807, 2.05) is 0 Å². The van der Waals surface area contributed by atoms with Gasteiger partial charge in [-0.05, 0) is 34.1 Å². The highest BCUT2D eigenvalue weighted by molar-refractivity contribution is 9.10. The molecule has 7 nitrogen and oxygen atoms in total. The molecule has 9 heteroatoms. The van der Waals surface area contributed by atoms with Crippen LogP contribution >= 0.6 is 15.9 Å². The monoisotopic (exact) mass is 379 g/mol. The Morgan fingerprint density at radius 3 is 2.67 bits per heavy atom. The molecule has 0 radical (unpaired) electrons. The number of sulfonamides is 1. The van der Waals surface area contributed by atoms with Gasteiger partial charge in [-0.3, -0.25) is 4.79 Å². The maximum Gasteiger partial charge on any atom is 0.322 e. The van der Waals surface area contributed by atoms with Crippen molar-refractivity contribution in [1.82, 2.24) is 4.31 Å². The van der Waals surface area contributed by atoms with Crippen LogP contribution in [0.25, 0.3) is 0 Å². The second-order valence-corrected chi connectivity index (χ2v) is 7.36. The van der Waals surface area contributed by atoms with E-state index in [0.717, 1.165) is 4.31 Å². The van der Waals surface area contributed by atoms with Gasteiger partial charge >= 0.3 is 5.97 Å². The normalized spacial score (nSPS) is 23.2. The number of hydrogen-bond donors (Lipinski definition) is 2. The second kappa shape index (κ2) is 5.91. The molecule has 1 saturated heterocycles. The first-order valence-corrected chi connectivity index (χ1v) is 8.27. The van der Waals surface area contributed by atoms with Gasteiger partial charge in [0.15, 0.2) is 0 Å². The molecule has 2 unspecified atom stereocenters. The number of carboxylic acids is 1. The maximum absolute atomic E-state index is 12.5. The first-order chi connectivity index (χ1) is 9.77. The molecule has 1 aliphatic rings. The lowest BCUT2D eigenvalue weighted by molar-refractivity contribution is -0.140. The number of nitrogens with zero attached hydrogens (tertiary/aromatic N) is 1. The number of rotatable bonds is 4. The molecular weight excluding hydrogens is 366 g/mol. The summed E-state index contributed by atoms with van der Waals surface area (Å²) in [6.07, 6.45) is -1.10. The Kier molecular flexibility index (Phi) is 4.57. The van der Waals surface area contributed by atoms with Gasteiger partial charge in [-0.15, -0.1) is 0 Å². The van der Waals surface area contributed by atoms with Crippen LogP contribution in [0.1, 0.15) is 6.42 Å². The molecule has 116 valence electrons. The van der Waals surface area contributed by atoms with E-state index in [9.17, 15) is 18.3 Å². The van der Waals surface area contributed by atoms with Crippen molar-refractivity contribution in [2.45, 2.75) is 23.5 Å². The summed E-state index contributed by atoms with van der Waals surface area (Å²) in [6.45, 7) is -0.233. The van der Waals surface area contributed by atoms with Crippen LogP contribution in [0.4, 0.5) is 0 Å². The lowest BCUT2D eigenvalue weighted by Crippen LogP contribution is -2.40. The van der Waals surface area contributed by atoms with E-state index in [1.165, 1.54) is 25.3 Å². The van der Waals surface area contributed by atoms with Gasteiger partial charge in [0.05, 0.1) is 22.6 Å². The van der Waals surface area contributed by atoms with Gasteiger partial charge in [0.25, 0.3) is 0 Å². The quantitative estimate of drug-likeness (QED) is 0.796. The number of methoxy groups -OCH3 is 1. The Bertz CT molecular complexity index is 662. The highest BCUT2D eigenvalue weighted by atomic mass is 79.9. The Labute approximate surface area is 130 Å². The molecule has 1 aliphatic heterocycles. The molecule has 21 heavy (non-hydrogen) atoms. The number of aliphatic hydroxyl groups excluding tert-OH is 1. The molecule has 2 rings (SSSR count). The van der Waals surface area contributed by atoms with Crippen LogP contribution in [0.2, 0.25) is 0 Å². The molecule has 0 aliphatic carbocycles. The van der Waals surface area contributed by atoms with E-state index in [-0.39, 0.29) is 17.9 Å². The minimum Gasteiger partial charge on any atom is -0.496 e. The number of carboxylic acid groups (broad SMARTS) is 1. The minimum absolute atomic E-state index is 0.0597. The first-order valence-electron chi connectivity index (χ1n) is 6.03. The van der Waals surface area contributed by atoms with E-state index >= 15 is 0 Å². The molecule has 0 saturated carbocycles. The maximum atomic E-state index is 12.5. The predicted molar refractivity (Wildman–Crippen MR) is 76.6 cm³/mol. The van der Waals surface area contributed by atoms with E-state index in [4.69, 9.17) is 9.84 Å². The summed E-state index contributed by atoms with van der Waals surface area (Å²) in [5, 5.41) is 18.7. The summed E-state index contributed by atoms with van der Waals surface area (Å²) < 4.78 is 31.4. The van der Waals surface area contributed by atoms with Gasteiger partial charge < -0.3 is 14.9 Å². The minimum atomic E-state index is -4.01. The summed E-state index contributed by atoms with van der Waals surface area (Å²) >= 11 is 3.19. The molecule has 1 fully saturated rings. The van der Waals surface area contributed by atoms with Crippen LogP contribution in [0.15, 0.2) is 27.6 Å². The van der Waals surface area contributed by atoms with Gasteiger partial charge in [-0.25, -0.2) is 8.42 Å². The third kappa shape index (κ3) is 3.05. The SMILES string of the molecule is COc1ccc(S(=O)(=O)N2CC(O)CC2C(=O)O)cc1Br. The Morgan fingerprint density at radius 1 is 1.48 bits per heavy atom. The standard InChI is InChI=1S/C12H14BrNO6S/c1-20-11-3-2-8(5-9(11)13)21(18,19)14-6-7(15)4-10(14)12(16)17/h2-3,5,7,10,15H,4,6H2,1H3,(H,16,17). The van der Waals surface area contributed by atoms with Crippen molar-refractivity contribution in [3.8, 4) is 5.75 Å². The van der Waals surface area contributed by atoms with E-state index in [0.29, 0.717) is 10.2 Å². The summed E-state index contributed by atoms with van der Waals surface area (Å²) in [7, 11) is -2.56. The van der Waals surface area contributed by atoms with Crippen molar-refractivity contribution in [3.63, 3.8) is 0 Å². The Hall–Kier alpha value is -1.16.